The molecule has 1 saturated carbocycles. The first-order valence-electron chi connectivity index (χ1n) is 7.13. The molecule has 1 aromatic rings. The second-order valence-corrected chi connectivity index (χ2v) is 6.61. The van der Waals surface area contributed by atoms with Crippen molar-refractivity contribution in [2.24, 2.45) is 5.92 Å². The normalized spacial score (nSPS) is 25.6. The number of hydrogen-bond acceptors (Lipinski definition) is 2. The molecule has 1 aliphatic carbocycles. The smallest absolute Gasteiger partial charge is 0.255 e. The van der Waals surface area contributed by atoms with E-state index in [2.05, 4.69) is 15.9 Å². The Morgan fingerprint density at radius 2 is 2.05 bits per heavy atom. The first kappa shape index (κ1) is 13.9. The first-order valence-corrected chi connectivity index (χ1v) is 7.92. The van der Waals surface area contributed by atoms with Gasteiger partial charge in [-0.3, -0.25) is 4.79 Å². The number of amides is 1. The zero-order chi connectivity index (χ0) is 14.3. The number of halogens is 2. The van der Waals surface area contributed by atoms with E-state index >= 15 is 0 Å². The van der Waals surface area contributed by atoms with Crippen LogP contribution in [0.1, 0.15) is 42.5 Å². The molecule has 1 amide bonds. The van der Waals surface area contributed by atoms with Crippen LogP contribution in [0.5, 0.6) is 0 Å². The standard InChI is InChI=1S/C15H18BrFN2O/c16-11-8-12(17)13(18)7-10(11)15(20)19-6-2-4-9-3-1-5-14(9)19/h7-9,14H,1-6,18H2. The lowest BCUT2D eigenvalue weighted by atomic mass is 9.91. The second kappa shape index (κ2) is 5.35. The molecule has 2 atom stereocenters. The third kappa shape index (κ3) is 2.32. The van der Waals surface area contributed by atoms with Gasteiger partial charge >= 0.3 is 0 Å². The number of carbonyl (C=O) groups excluding carboxylic acids is 1. The molecule has 3 nitrogen and oxygen atoms in total. The minimum absolute atomic E-state index is 0.0246. The Morgan fingerprint density at radius 3 is 2.85 bits per heavy atom. The van der Waals surface area contributed by atoms with Crippen molar-refractivity contribution in [1.29, 1.82) is 0 Å². The number of rotatable bonds is 1. The van der Waals surface area contributed by atoms with Crippen LogP contribution in [0.2, 0.25) is 0 Å². The maximum absolute atomic E-state index is 13.4. The van der Waals surface area contributed by atoms with E-state index in [-0.39, 0.29) is 11.6 Å². The molecule has 2 unspecified atom stereocenters. The largest absolute Gasteiger partial charge is 0.396 e. The van der Waals surface area contributed by atoms with E-state index in [1.54, 1.807) is 0 Å². The average Bonchev–Trinajstić information content (AvgIpc) is 2.90. The van der Waals surface area contributed by atoms with Crippen molar-refractivity contribution in [2.75, 3.05) is 12.3 Å². The molecule has 108 valence electrons. The monoisotopic (exact) mass is 340 g/mol. The Kier molecular flexibility index (Phi) is 3.71. The number of hydrogen-bond donors (Lipinski definition) is 1. The summed E-state index contributed by atoms with van der Waals surface area (Å²) in [6.45, 7) is 0.795. The van der Waals surface area contributed by atoms with Crippen molar-refractivity contribution in [2.45, 2.75) is 38.1 Å². The predicted molar refractivity (Wildman–Crippen MR) is 79.9 cm³/mol. The fourth-order valence-corrected chi connectivity index (χ4v) is 4.08. The van der Waals surface area contributed by atoms with E-state index in [4.69, 9.17) is 5.73 Å². The number of nitrogens with two attached hydrogens (primary N) is 1. The molecule has 5 heteroatoms. The summed E-state index contributed by atoms with van der Waals surface area (Å²) in [7, 11) is 0. The van der Waals surface area contributed by atoms with E-state index in [1.807, 2.05) is 4.90 Å². The highest BCUT2D eigenvalue weighted by atomic mass is 79.9. The van der Waals surface area contributed by atoms with Crippen LogP contribution in [0, 0.1) is 11.7 Å². The van der Waals surface area contributed by atoms with Gasteiger partial charge in [0.1, 0.15) is 5.82 Å². The van der Waals surface area contributed by atoms with Crippen LogP contribution in [0.15, 0.2) is 16.6 Å². The van der Waals surface area contributed by atoms with E-state index in [9.17, 15) is 9.18 Å². The summed E-state index contributed by atoms with van der Waals surface area (Å²) in [4.78, 5) is 14.7. The quantitative estimate of drug-likeness (QED) is 0.794. The van der Waals surface area contributed by atoms with Crippen LogP contribution < -0.4 is 5.73 Å². The van der Waals surface area contributed by atoms with Crippen molar-refractivity contribution in [1.82, 2.24) is 4.90 Å². The van der Waals surface area contributed by atoms with Crippen LogP contribution >= 0.6 is 15.9 Å². The Morgan fingerprint density at radius 1 is 1.30 bits per heavy atom. The van der Waals surface area contributed by atoms with Gasteiger partial charge in [0, 0.05) is 17.1 Å². The zero-order valence-electron chi connectivity index (χ0n) is 11.2. The summed E-state index contributed by atoms with van der Waals surface area (Å²) < 4.78 is 13.9. The van der Waals surface area contributed by atoms with Gasteiger partial charge in [-0.15, -0.1) is 0 Å². The molecule has 1 saturated heterocycles. The van der Waals surface area contributed by atoms with Crippen LogP contribution in [-0.4, -0.2) is 23.4 Å². The minimum Gasteiger partial charge on any atom is -0.396 e. The fraction of sp³-hybridized carbons (Fsp3) is 0.533. The van der Waals surface area contributed by atoms with Crippen molar-refractivity contribution in [3.63, 3.8) is 0 Å². The van der Waals surface area contributed by atoms with Gasteiger partial charge < -0.3 is 10.6 Å². The van der Waals surface area contributed by atoms with Gasteiger partial charge in [-0.2, -0.15) is 0 Å². The summed E-state index contributed by atoms with van der Waals surface area (Å²) in [5.74, 6) is 0.121. The fourth-order valence-electron chi connectivity index (χ4n) is 3.59. The zero-order valence-corrected chi connectivity index (χ0v) is 12.8. The maximum atomic E-state index is 13.4. The molecule has 2 aliphatic rings. The van der Waals surface area contributed by atoms with Crippen LogP contribution in [0.25, 0.3) is 0 Å². The molecule has 2 N–H and O–H groups in total. The Bertz CT molecular complexity index is 549. The third-order valence-electron chi connectivity index (χ3n) is 4.57. The lowest BCUT2D eigenvalue weighted by Crippen LogP contribution is -2.46. The van der Waals surface area contributed by atoms with Crippen LogP contribution in [0.3, 0.4) is 0 Å². The number of nitrogens with zero attached hydrogens (tertiary/aromatic N) is 1. The highest BCUT2D eigenvalue weighted by molar-refractivity contribution is 9.10. The first-order chi connectivity index (χ1) is 9.58. The summed E-state index contributed by atoms with van der Waals surface area (Å²) in [6.07, 6.45) is 5.79. The lowest BCUT2D eigenvalue weighted by Gasteiger charge is -2.38. The number of piperidine rings is 1. The van der Waals surface area contributed by atoms with E-state index in [1.165, 1.54) is 31.4 Å². The molecule has 1 heterocycles. The number of fused-ring (bicyclic) bond motifs is 1. The molecule has 1 aliphatic heterocycles. The van der Waals surface area contributed by atoms with Crippen LogP contribution in [0.4, 0.5) is 10.1 Å². The molecular weight excluding hydrogens is 323 g/mol. The Labute approximate surface area is 126 Å². The molecule has 0 spiro atoms. The Balaban J connectivity index is 1.90. The summed E-state index contributed by atoms with van der Waals surface area (Å²) in [5, 5.41) is 0. The van der Waals surface area contributed by atoms with Crippen LogP contribution in [-0.2, 0) is 0 Å². The topological polar surface area (TPSA) is 46.3 Å². The molecule has 3 rings (SSSR count). The highest BCUT2D eigenvalue weighted by Gasteiger charge is 2.38. The van der Waals surface area contributed by atoms with Gasteiger partial charge in [-0.05, 0) is 59.7 Å². The summed E-state index contributed by atoms with van der Waals surface area (Å²) in [5.41, 5.74) is 6.09. The highest BCUT2D eigenvalue weighted by Crippen LogP contribution is 2.38. The van der Waals surface area contributed by atoms with E-state index in [0.717, 1.165) is 19.4 Å². The number of likely N-dealkylation sites (tertiary alicyclic amines) is 1. The second-order valence-electron chi connectivity index (χ2n) is 5.75. The molecule has 20 heavy (non-hydrogen) atoms. The molecule has 1 aromatic carbocycles. The van der Waals surface area contributed by atoms with Gasteiger partial charge in [0.05, 0.1) is 11.3 Å². The predicted octanol–water partition coefficient (Wildman–Crippen LogP) is 3.58. The van der Waals surface area contributed by atoms with E-state index in [0.29, 0.717) is 22.0 Å². The van der Waals surface area contributed by atoms with Crippen molar-refractivity contribution in [3.8, 4) is 0 Å². The minimum atomic E-state index is -0.495. The number of benzene rings is 1. The maximum Gasteiger partial charge on any atom is 0.255 e. The Hall–Kier alpha value is -1.10. The number of nitrogen functional groups attached to an aromatic ring is 1. The lowest BCUT2D eigenvalue weighted by molar-refractivity contribution is 0.0547. The van der Waals surface area contributed by atoms with E-state index < -0.39 is 5.82 Å². The SMILES string of the molecule is Nc1cc(C(=O)N2CCCC3CCCC32)c(Br)cc1F. The molecule has 0 bridgehead atoms. The van der Waals surface area contributed by atoms with Crippen molar-refractivity contribution < 1.29 is 9.18 Å². The summed E-state index contributed by atoms with van der Waals surface area (Å²) in [6, 6.07) is 3.08. The van der Waals surface area contributed by atoms with Gasteiger partial charge in [0.15, 0.2) is 0 Å². The van der Waals surface area contributed by atoms with Crippen molar-refractivity contribution in [3.05, 3.63) is 28.0 Å². The molecule has 0 radical (unpaired) electrons. The third-order valence-corrected chi connectivity index (χ3v) is 5.23. The van der Waals surface area contributed by atoms with Gasteiger partial charge in [0.25, 0.3) is 5.91 Å². The van der Waals surface area contributed by atoms with Crippen molar-refractivity contribution >= 4 is 27.5 Å². The number of anilines is 1. The molecular formula is C15H18BrFN2O. The summed E-state index contributed by atoms with van der Waals surface area (Å²) >= 11 is 3.28. The molecule has 2 fully saturated rings. The number of carbonyl (C=O) groups is 1. The average molecular weight is 341 g/mol. The van der Waals surface area contributed by atoms with Gasteiger partial charge in [-0.25, -0.2) is 4.39 Å². The molecule has 0 aromatic heterocycles. The van der Waals surface area contributed by atoms with Gasteiger partial charge in [-0.1, -0.05) is 6.42 Å². The van der Waals surface area contributed by atoms with Gasteiger partial charge in [0.2, 0.25) is 0 Å².